The highest BCUT2D eigenvalue weighted by Crippen LogP contribution is 2.67. The quantitative estimate of drug-likeness (QED) is 0.692. The molecule has 0 radical (unpaired) electrons. The van der Waals surface area contributed by atoms with E-state index in [0.29, 0.717) is 30.9 Å². The van der Waals surface area contributed by atoms with Gasteiger partial charge in [0.2, 0.25) is 0 Å². The summed E-state index contributed by atoms with van der Waals surface area (Å²) in [4.78, 5) is 25.3. The largest absolute Gasteiger partial charge is 0.393 e. The molecule has 0 bridgehead atoms. The van der Waals surface area contributed by atoms with Crippen LogP contribution >= 0.6 is 11.8 Å². The van der Waals surface area contributed by atoms with Crippen LogP contribution in [0.3, 0.4) is 0 Å². The lowest BCUT2D eigenvalue weighted by Gasteiger charge is -2.60. The molecular weight excluding hydrogens is 396 g/mol. The molecule has 168 valence electrons. The Morgan fingerprint density at radius 3 is 2.57 bits per heavy atom. The molecule has 0 unspecified atom stereocenters. The second-order valence-electron chi connectivity index (χ2n) is 11.8. The van der Waals surface area contributed by atoms with Gasteiger partial charge in [0.05, 0.1) is 11.9 Å². The molecule has 4 nitrogen and oxygen atoms in total. The van der Waals surface area contributed by atoms with E-state index >= 15 is 0 Å². The highest BCUT2D eigenvalue weighted by molar-refractivity contribution is 8.01. The number of ketones is 2. The van der Waals surface area contributed by atoms with Gasteiger partial charge in [0.15, 0.2) is 11.6 Å². The van der Waals surface area contributed by atoms with E-state index in [4.69, 9.17) is 0 Å². The summed E-state index contributed by atoms with van der Waals surface area (Å²) < 4.78 is -0.0266. The summed E-state index contributed by atoms with van der Waals surface area (Å²) in [6, 6.07) is 0. The minimum Gasteiger partial charge on any atom is -0.393 e. The van der Waals surface area contributed by atoms with Gasteiger partial charge in [-0.15, -0.1) is 11.8 Å². The predicted octanol–water partition coefficient (Wildman–Crippen LogP) is 4.32. The molecule has 7 atom stereocenters. The van der Waals surface area contributed by atoms with Crippen LogP contribution in [0.15, 0.2) is 11.6 Å². The van der Waals surface area contributed by atoms with Crippen molar-refractivity contribution in [1.82, 2.24) is 0 Å². The molecule has 0 aromatic heterocycles. The molecule has 0 aromatic rings. The van der Waals surface area contributed by atoms with Crippen molar-refractivity contribution in [1.29, 1.82) is 0 Å². The van der Waals surface area contributed by atoms with Crippen molar-refractivity contribution in [3.63, 3.8) is 0 Å². The van der Waals surface area contributed by atoms with Crippen molar-refractivity contribution in [3.8, 4) is 0 Å². The molecule has 5 heteroatoms. The third-order valence-corrected chi connectivity index (χ3v) is 10.4. The monoisotopic (exact) mass is 434 g/mol. The van der Waals surface area contributed by atoms with Crippen LogP contribution < -0.4 is 0 Å². The molecular formula is C25H38O4S. The second kappa shape index (κ2) is 7.18. The van der Waals surface area contributed by atoms with Crippen LogP contribution in [0.4, 0.5) is 0 Å². The first kappa shape index (κ1) is 22.5. The fourth-order valence-electron chi connectivity index (χ4n) is 7.55. The van der Waals surface area contributed by atoms with Crippen LogP contribution in [-0.4, -0.2) is 44.0 Å². The fourth-order valence-corrected chi connectivity index (χ4v) is 8.35. The molecule has 0 spiro atoms. The summed E-state index contributed by atoms with van der Waals surface area (Å²) >= 11 is 1.59. The maximum Gasteiger partial charge on any atom is 0.174 e. The molecule has 2 N–H and O–H groups in total. The number of carbonyl (C=O) groups excluding carboxylic acids is 2. The van der Waals surface area contributed by atoms with Gasteiger partial charge in [0.25, 0.3) is 0 Å². The van der Waals surface area contributed by atoms with Gasteiger partial charge in [-0.1, -0.05) is 40.2 Å². The minimum atomic E-state index is -1.35. The molecule has 3 fully saturated rings. The summed E-state index contributed by atoms with van der Waals surface area (Å²) in [5.74, 6) is 1.13. The standard InChI is InChI=1S/C25H38O4S/c1-22(2,3)30-14-20(28)25(29)11-9-18-17-7-6-15-12-16(26)8-10-23(15,4)21(17)19(27)13-24(18,25)5/h12,17-19,21,27,29H,6-11,13-14H2,1-5H3/t17-,18-,19-,21-,23-,24-,25-/m0/s1. The van der Waals surface area contributed by atoms with Gasteiger partial charge >= 0.3 is 0 Å². The van der Waals surface area contributed by atoms with Crippen LogP contribution in [-0.2, 0) is 9.59 Å². The maximum atomic E-state index is 13.3. The van der Waals surface area contributed by atoms with Crippen molar-refractivity contribution >= 4 is 23.3 Å². The lowest BCUT2D eigenvalue weighted by molar-refractivity contribution is -0.178. The van der Waals surface area contributed by atoms with Crippen molar-refractivity contribution in [2.24, 2.45) is 28.6 Å². The van der Waals surface area contributed by atoms with Crippen molar-refractivity contribution in [2.45, 2.75) is 96.0 Å². The van der Waals surface area contributed by atoms with E-state index in [1.54, 1.807) is 11.8 Å². The Morgan fingerprint density at radius 1 is 1.20 bits per heavy atom. The van der Waals surface area contributed by atoms with Crippen LogP contribution in [0.25, 0.3) is 0 Å². The van der Waals surface area contributed by atoms with Gasteiger partial charge in [-0.2, -0.15) is 0 Å². The number of hydrogen-bond acceptors (Lipinski definition) is 5. The smallest absolute Gasteiger partial charge is 0.174 e. The van der Waals surface area contributed by atoms with Crippen LogP contribution in [0.2, 0.25) is 0 Å². The third kappa shape index (κ3) is 3.26. The molecule has 30 heavy (non-hydrogen) atoms. The van der Waals surface area contributed by atoms with E-state index in [0.717, 1.165) is 25.7 Å². The summed E-state index contributed by atoms with van der Waals surface area (Å²) in [7, 11) is 0. The van der Waals surface area contributed by atoms with Gasteiger partial charge in [0.1, 0.15) is 5.60 Å². The lowest BCUT2D eigenvalue weighted by atomic mass is 9.45. The molecule has 0 aliphatic heterocycles. The van der Waals surface area contributed by atoms with Gasteiger partial charge in [-0.05, 0) is 67.8 Å². The first-order valence-corrected chi connectivity index (χ1v) is 12.6. The molecule has 0 aromatic carbocycles. The Kier molecular flexibility index (Phi) is 5.39. The number of Topliss-reactive ketones (excluding diaryl/α,β-unsaturated/α-hetero) is 1. The van der Waals surface area contributed by atoms with Crippen LogP contribution in [0.5, 0.6) is 0 Å². The SMILES string of the molecule is CC(C)(C)SCC(=O)[C@@]1(O)CC[C@H]2[C@@H]3CCC4=CC(=O)CC[C@]4(C)[C@@H]3[C@@H](O)C[C@@]21C. The van der Waals surface area contributed by atoms with Gasteiger partial charge in [-0.25, -0.2) is 0 Å². The van der Waals surface area contributed by atoms with Gasteiger partial charge in [0, 0.05) is 16.6 Å². The molecule has 4 aliphatic rings. The zero-order chi connectivity index (χ0) is 22.1. The van der Waals surface area contributed by atoms with Crippen LogP contribution in [0.1, 0.15) is 79.6 Å². The van der Waals surface area contributed by atoms with E-state index in [2.05, 4.69) is 34.6 Å². The fraction of sp³-hybridized carbons (Fsp3) is 0.840. The van der Waals surface area contributed by atoms with E-state index in [9.17, 15) is 19.8 Å². The number of allylic oxidation sites excluding steroid dienone is 1. The van der Waals surface area contributed by atoms with Gasteiger partial charge in [-0.3, -0.25) is 9.59 Å². The Morgan fingerprint density at radius 2 is 1.90 bits per heavy atom. The lowest BCUT2D eigenvalue weighted by Crippen LogP contribution is -2.62. The Balaban J connectivity index is 1.63. The first-order chi connectivity index (χ1) is 13.8. The number of thioether (sulfide) groups is 1. The molecule has 4 rings (SSSR count). The topological polar surface area (TPSA) is 74.6 Å². The molecule has 4 aliphatic carbocycles. The summed E-state index contributed by atoms with van der Waals surface area (Å²) in [6.07, 6.45) is 6.33. The number of hydrogen-bond donors (Lipinski definition) is 2. The van der Waals surface area contributed by atoms with E-state index in [-0.39, 0.29) is 33.6 Å². The zero-order valence-corrected chi connectivity index (χ0v) is 20.0. The highest BCUT2D eigenvalue weighted by Gasteiger charge is 2.68. The number of fused-ring (bicyclic) bond motifs is 5. The zero-order valence-electron chi connectivity index (χ0n) is 19.2. The number of rotatable bonds is 3. The van der Waals surface area contributed by atoms with E-state index in [1.165, 1.54) is 5.57 Å². The van der Waals surface area contributed by atoms with Gasteiger partial charge < -0.3 is 10.2 Å². The molecule has 3 saturated carbocycles. The highest BCUT2D eigenvalue weighted by atomic mass is 32.2. The molecule has 0 amide bonds. The Labute approximate surface area is 185 Å². The Bertz CT molecular complexity index is 783. The van der Waals surface area contributed by atoms with Crippen molar-refractivity contribution < 1.29 is 19.8 Å². The summed E-state index contributed by atoms with van der Waals surface area (Å²) in [6.45, 7) is 10.6. The Hall–Kier alpha value is -0.650. The number of aliphatic hydroxyl groups is 2. The normalized spacial score (nSPS) is 46.0. The number of aliphatic hydroxyl groups excluding tert-OH is 1. The van der Waals surface area contributed by atoms with Crippen LogP contribution in [0, 0.1) is 28.6 Å². The summed E-state index contributed by atoms with van der Waals surface area (Å²) in [5, 5.41) is 23.1. The predicted molar refractivity (Wildman–Crippen MR) is 120 cm³/mol. The third-order valence-electron chi connectivity index (χ3n) is 9.15. The molecule has 0 saturated heterocycles. The van der Waals surface area contributed by atoms with Crippen molar-refractivity contribution in [2.75, 3.05) is 5.75 Å². The summed E-state index contributed by atoms with van der Waals surface area (Å²) in [5.41, 5.74) is -0.842. The van der Waals surface area contributed by atoms with Crippen molar-refractivity contribution in [3.05, 3.63) is 11.6 Å². The second-order valence-corrected chi connectivity index (χ2v) is 13.6. The first-order valence-electron chi connectivity index (χ1n) is 11.6. The van der Waals surface area contributed by atoms with E-state index < -0.39 is 17.1 Å². The average Bonchev–Trinajstić information content (AvgIpc) is 2.91. The average molecular weight is 435 g/mol. The molecule has 0 heterocycles. The minimum absolute atomic E-state index is 0.0266. The maximum absolute atomic E-state index is 13.3. The number of carbonyl (C=O) groups is 2. The van der Waals surface area contributed by atoms with E-state index in [1.807, 2.05) is 6.08 Å².